The van der Waals surface area contributed by atoms with Crippen molar-refractivity contribution in [2.45, 2.75) is 26.7 Å². The number of hydrogen-bond acceptors (Lipinski definition) is 5. The Bertz CT molecular complexity index is 1450. The molecule has 0 saturated heterocycles. The van der Waals surface area contributed by atoms with E-state index in [2.05, 4.69) is 10.2 Å². The smallest absolute Gasteiger partial charge is 0.248 e. The predicted octanol–water partition coefficient (Wildman–Crippen LogP) is 6.87. The first kappa shape index (κ1) is 24.1. The van der Waals surface area contributed by atoms with Gasteiger partial charge in [0, 0.05) is 35.1 Å². The highest BCUT2D eigenvalue weighted by Gasteiger charge is 2.13. The Morgan fingerprint density at radius 2 is 1.00 bits per heavy atom. The second kappa shape index (κ2) is 10.5. The SMILES string of the molecule is Cc1cccc(C(=O)Cc2ccc(-c3nnc(-c4ccc(CC(=O)c5cccc(C)c5)cc4)o3)cc2)c1. The zero-order valence-corrected chi connectivity index (χ0v) is 20.8. The molecule has 0 aliphatic heterocycles. The number of Topliss-reactive ketones (excluding diaryl/α,β-unsaturated/α-hetero) is 2. The number of carbonyl (C=O) groups is 2. The van der Waals surface area contributed by atoms with Gasteiger partial charge in [0.25, 0.3) is 0 Å². The van der Waals surface area contributed by atoms with Crippen LogP contribution in [0.2, 0.25) is 0 Å². The van der Waals surface area contributed by atoms with E-state index in [-0.39, 0.29) is 11.6 Å². The van der Waals surface area contributed by atoms with Crippen LogP contribution in [0.1, 0.15) is 43.0 Å². The van der Waals surface area contributed by atoms with Gasteiger partial charge in [-0.1, -0.05) is 71.8 Å². The Balaban J connectivity index is 1.24. The average Bonchev–Trinajstić information content (AvgIpc) is 3.40. The summed E-state index contributed by atoms with van der Waals surface area (Å²) >= 11 is 0. The van der Waals surface area contributed by atoms with Crippen molar-refractivity contribution in [3.05, 3.63) is 130 Å². The van der Waals surface area contributed by atoms with Crippen molar-refractivity contribution in [1.29, 1.82) is 0 Å². The highest BCUT2D eigenvalue weighted by atomic mass is 16.4. The third-order valence-electron chi connectivity index (χ3n) is 6.24. The monoisotopic (exact) mass is 486 g/mol. The van der Waals surface area contributed by atoms with Gasteiger partial charge >= 0.3 is 0 Å². The van der Waals surface area contributed by atoms with Gasteiger partial charge in [0.15, 0.2) is 11.6 Å². The maximum absolute atomic E-state index is 12.6. The van der Waals surface area contributed by atoms with Crippen LogP contribution in [0.4, 0.5) is 0 Å². The van der Waals surface area contributed by atoms with Crippen molar-refractivity contribution < 1.29 is 14.0 Å². The first-order valence-corrected chi connectivity index (χ1v) is 12.2. The van der Waals surface area contributed by atoms with Crippen LogP contribution in [-0.2, 0) is 12.8 Å². The van der Waals surface area contributed by atoms with E-state index in [1.807, 2.05) is 111 Å². The molecule has 0 N–H and O–H groups in total. The lowest BCUT2D eigenvalue weighted by Crippen LogP contribution is -2.03. The lowest BCUT2D eigenvalue weighted by molar-refractivity contribution is 0.0984. The number of nitrogens with zero attached hydrogens (tertiary/aromatic N) is 2. The summed E-state index contributed by atoms with van der Waals surface area (Å²) in [5.41, 5.74) is 6.98. The summed E-state index contributed by atoms with van der Waals surface area (Å²) in [6.07, 6.45) is 0.662. The van der Waals surface area contributed by atoms with Gasteiger partial charge in [-0.25, -0.2) is 0 Å². The molecule has 0 spiro atoms. The van der Waals surface area contributed by atoms with Gasteiger partial charge in [-0.2, -0.15) is 0 Å². The van der Waals surface area contributed by atoms with Gasteiger partial charge in [-0.15, -0.1) is 10.2 Å². The van der Waals surface area contributed by atoms with E-state index in [1.54, 1.807) is 0 Å². The molecule has 5 rings (SSSR count). The molecule has 182 valence electrons. The summed E-state index contributed by atoms with van der Waals surface area (Å²) in [5.74, 6) is 0.983. The molecule has 0 amide bonds. The van der Waals surface area contributed by atoms with E-state index < -0.39 is 0 Å². The third kappa shape index (κ3) is 5.78. The van der Waals surface area contributed by atoms with Crippen molar-refractivity contribution in [2.75, 3.05) is 0 Å². The minimum Gasteiger partial charge on any atom is -0.416 e. The lowest BCUT2D eigenvalue weighted by Gasteiger charge is -2.04. The van der Waals surface area contributed by atoms with Crippen molar-refractivity contribution >= 4 is 11.6 Å². The van der Waals surface area contributed by atoms with Crippen molar-refractivity contribution in [3.8, 4) is 22.9 Å². The molecule has 1 aromatic heterocycles. The second-order valence-corrected chi connectivity index (χ2v) is 9.25. The van der Waals surface area contributed by atoms with Crippen LogP contribution in [0, 0.1) is 13.8 Å². The number of hydrogen-bond donors (Lipinski definition) is 0. The van der Waals surface area contributed by atoms with Crippen LogP contribution in [0.3, 0.4) is 0 Å². The highest BCUT2D eigenvalue weighted by Crippen LogP contribution is 2.25. The van der Waals surface area contributed by atoms with E-state index in [4.69, 9.17) is 4.42 Å². The first-order valence-electron chi connectivity index (χ1n) is 12.2. The summed E-state index contributed by atoms with van der Waals surface area (Å²) in [4.78, 5) is 25.2. The Hall–Kier alpha value is -4.64. The Labute approximate surface area is 215 Å². The van der Waals surface area contributed by atoms with Gasteiger partial charge < -0.3 is 4.42 Å². The van der Waals surface area contributed by atoms with Gasteiger partial charge in [0.1, 0.15) is 0 Å². The number of ketones is 2. The molecule has 0 aliphatic rings. The van der Waals surface area contributed by atoms with Crippen LogP contribution in [-0.4, -0.2) is 21.8 Å². The van der Waals surface area contributed by atoms with E-state index >= 15 is 0 Å². The summed E-state index contributed by atoms with van der Waals surface area (Å²) in [6, 6.07) is 30.4. The van der Waals surface area contributed by atoms with Gasteiger partial charge in [-0.3, -0.25) is 9.59 Å². The Morgan fingerprint density at radius 3 is 1.38 bits per heavy atom. The summed E-state index contributed by atoms with van der Waals surface area (Å²) < 4.78 is 5.91. The van der Waals surface area contributed by atoms with Crippen LogP contribution in [0.25, 0.3) is 22.9 Å². The maximum atomic E-state index is 12.6. The van der Waals surface area contributed by atoms with E-state index in [9.17, 15) is 9.59 Å². The normalized spacial score (nSPS) is 10.9. The summed E-state index contributed by atoms with van der Waals surface area (Å²) in [7, 11) is 0. The van der Waals surface area contributed by atoms with Crippen LogP contribution in [0.5, 0.6) is 0 Å². The quantitative estimate of drug-likeness (QED) is 0.224. The van der Waals surface area contributed by atoms with Crippen molar-refractivity contribution in [2.24, 2.45) is 0 Å². The predicted molar refractivity (Wildman–Crippen MR) is 144 cm³/mol. The van der Waals surface area contributed by atoms with Crippen molar-refractivity contribution in [3.63, 3.8) is 0 Å². The Kier molecular flexibility index (Phi) is 6.86. The van der Waals surface area contributed by atoms with Gasteiger partial charge in [0.05, 0.1) is 0 Å². The van der Waals surface area contributed by atoms with Gasteiger partial charge in [0.2, 0.25) is 11.8 Å². The minimum atomic E-state index is 0.0838. The zero-order valence-electron chi connectivity index (χ0n) is 20.8. The molecular weight excluding hydrogens is 460 g/mol. The zero-order chi connectivity index (χ0) is 25.8. The molecule has 0 unspecified atom stereocenters. The lowest BCUT2D eigenvalue weighted by atomic mass is 10.0. The standard InChI is InChI=1S/C32H26N2O3/c1-21-5-3-7-27(17-21)29(35)19-23-9-13-25(14-10-23)31-33-34-32(37-31)26-15-11-24(12-16-26)20-30(36)28-8-4-6-22(2)18-28/h3-18H,19-20H2,1-2H3. The molecule has 0 fully saturated rings. The molecule has 1 heterocycles. The van der Waals surface area contributed by atoms with E-state index in [0.717, 1.165) is 44.5 Å². The molecule has 0 bridgehead atoms. The van der Waals surface area contributed by atoms with Gasteiger partial charge in [-0.05, 0) is 61.4 Å². The van der Waals surface area contributed by atoms with E-state index in [0.29, 0.717) is 24.6 Å². The fraction of sp³-hybridized carbons (Fsp3) is 0.125. The number of aromatic nitrogens is 2. The number of aryl methyl sites for hydroxylation is 2. The number of rotatable bonds is 8. The molecule has 4 aromatic carbocycles. The van der Waals surface area contributed by atoms with Crippen LogP contribution >= 0.6 is 0 Å². The minimum absolute atomic E-state index is 0.0838. The molecule has 5 nitrogen and oxygen atoms in total. The molecular formula is C32H26N2O3. The number of carbonyl (C=O) groups excluding carboxylic acids is 2. The largest absolute Gasteiger partial charge is 0.416 e. The second-order valence-electron chi connectivity index (χ2n) is 9.25. The van der Waals surface area contributed by atoms with Crippen LogP contribution in [0.15, 0.2) is 101 Å². The first-order chi connectivity index (χ1) is 17.9. The molecule has 5 heteroatoms. The highest BCUT2D eigenvalue weighted by molar-refractivity contribution is 5.98. The molecule has 0 atom stereocenters. The molecule has 0 radical (unpaired) electrons. The number of benzene rings is 4. The summed E-state index contributed by atoms with van der Waals surface area (Å²) in [6.45, 7) is 3.96. The van der Waals surface area contributed by atoms with Crippen molar-refractivity contribution in [1.82, 2.24) is 10.2 Å². The molecule has 0 saturated carbocycles. The summed E-state index contributed by atoms with van der Waals surface area (Å²) in [5, 5.41) is 8.38. The molecule has 37 heavy (non-hydrogen) atoms. The van der Waals surface area contributed by atoms with Crippen LogP contribution < -0.4 is 0 Å². The van der Waals surface area contributed by atoms with E-state index in [1.165, 1.54) is 0 Å². The topological polar surface area (TPSA) is 73.1 Å². The fourth-order valence-corrected chi connectivity index (χ4v) is 4.20. The fourth-order valence-electron chi connectivity index (χ4n) is 4.20. The average molecular weight is 487 g/mol. The molecule has 0 aliphatic carbocycles. The molecule has 5 aromatic rings. The third-order valence-corrected chi connectivity index (χ3v) is 6.24. The Morgan fingerprint density at radius 1 is 0.595 bits per heavy atom. The maximum Gasteiger partial charge on any atom is 0.248 e.